The van der Waals surface area contributed by atoms with Gasteiger partial charge >= 0.3 is 6.18 Å². The van der Waals surface area contributed by atoms with Crippen LogP contribution in [0.3, 0.4) is 0 Å². The number of hydrogen-bond donors (Lipinski definition) is 1. The number of carbonyl (C=O) groups is 1. The molecule has 0 saturated carbocycles. The first-order valence-corrected chi connectivity index (χ1v) is 8.36. The van der Waals surface area contributed by atoms with E-state index in [1.54, 1.807) is 24.1 Å². The van der Waals surface area contributed by atoms with Gasteiger partial charge in [-0.2, -0.15) is 13.2 Å². The lowest BCUT2D eigenvalue weighted by Crippen LogP contribution is -2.42. The number of nitrogens with zero attached hydrogens (tertiary/aromatic N) is 1. The average molecular weight is 380 g/mol. The number of carbonyl (C=O) groups excluding carboxylic acids is 1. The molecular formula is C19H19F3N2O3. The Labute approximate surface area is 154 Å². The van der Waals surface area contributed by atoms with E-state index < -0.39 is 17.6 Å². The smallest absolute Gasteiger partial charge is 0.418 e. The fourth-order valence-electron chi connectivity index (χ4n) is 2.84. The highest BCUT2D eigenvalue weighted by Crippen LogP contribution is 2.34. The van der Waals surface area contributed by atoms with Gasteiger partial charge in [-0.3, -0.25) is 9.69 Å². The van der Waals surface area contributed by atoms with Gasteiger partial charge in [0.1, 0.15) is 12.7 Å². The molecule has 0 spiro atoms. The van der Waals surface area contributed by atoms with Crippen LogP contribution in [0.15, 0.2) is 48.5 Å². The quantitative estimate of drug-likeness (QED) is 0.864. The molecule has 1 aliphatic heterocycles. The molecular weight excluding hydrogens is 361 g/mol. The van der Waals surface area contributed by atoms with Gasteiger partial charge in [0.05, 0.1) is 17.8 Å². The van der Waals surface area contributed by atoms with Crippen LogP contribution >= 0.6 is 0 Å². The molecule has 0 saturated heterocycles. The molecule has 0 radical (unpaired) electrons. The zero-order chi connectivity index (χ0) is 19.4. The highest BCUT2D eigenvalue weighted by molar-refractivity contribution is 5.93. The molecule has 1 unspecified atom stereocenters. The van der Waals surface area contributed by atoms with Gasteiger partial charge in [0.2, 0.25) is 5.91 Å². The van der Waals surface area contributed by atoms with Gasteiger partial charge in [-0.05, 0) is 31.3 Å². The van der Waals surface area contributed by atoms with Crippen LogP contribution in [-0.2, 0) is 11.0 Å². The Hall–Kier alpha value is -2.74. The van der Waals surface area contributed by atoms with Crippen LogP contribution in [0.4, 0.5) is 18.9 Å². The third-order valence-electron chi connectivity index (χ3n) is 4.00. The second-order valence-electron chi connectivity index (χ2n) is 6.29. The van der Waals surface area contributed by atoms with Crippen molar-refractivity contribution in [1.29, 1.82) is 0 Å². The minimum absolute atomic E-state index is 0.0757. The predicted octanol–water partition coefficient (Wildman–Crippen LogP) is 3.42. The maximum Gasteiger partial charge on any atom is 0.418 e. The number of amides is 1. The van der Waals surface area contributed by atoms with Crippen LogP contribution in [0.1, 0.15) is 5.56 Å². The topological polar surface area (TPSA) is 50.8 Å². The van der Waals surface area contributed by atoms with Crippen LogP contribution in [-0.4, -0.2) is 43.7 Å². The summed E-state index contributed by atoms with van der Waals surface area (Å²) in [5.74, 6) is 0.759. The predicted molar refractivity (Wildman–Crippen MR) is 93.9 cm³/mol. The van der Waals surface area contributed by atoms with Gasteiger partial charge in [-0.25, -0.2) is 0 Å². The minimum Gasteiger partial charge on any atom is -0.486 e. The summed E-state index contributed by atoms with van der Waals surface area (Å²) in [6, 6.07) is 12.2. The Morgan fingerprint density at radius 1 is 1.15 bits per heavy atom. The minimum atomic E-state index is -4.53. The average Bonchev–Trinajstić information content (AvgIpc) is 2.61. The Bertz CT molecular complexity index is 811. The van der Waals surface area contributed by atoms with Crippen molar-refractivity contribution in [3.63, 3.8) is 0 Å². The zero-order valence-corrected chi connectivity index (χ0v) is 14.6. The molecule has 0 aliphatic carbocycles. The SMILES string of the molecule is CN(CC(=O)Nc1ccccc1C(F)(F)F)CC1COc2ccccc2O1. The number of alkyl halides is 3. The van der Waals surface area contributed by atoms with Gasteiger partial charge < -0.3 is 14.8 Å². The fraction of sp³-hybridized carbons (Fsp3) is 0.316. The first-order valence-electron chi connectivity index (χ1n) is 8.36. The van der Waals surface area contributed by atoms with Crippen LogP contribution in [0.5, 0.6) is 11.5 Å². The number of anilines is 1. The monoisotopic (exact) mass is 380 g/mol. The van der Waals surface area contributed by atoms with E-state index in [2.05, 4.69) is 5.32 Å². The summed E-state index contributed by atoms with van der Waals surface area (Å²) in [6.07, 6.45) is -4.81. The summed E-state index contributed by atoms with van der Waals surface area (Å²) in [5.41, 5.74) is -1.13. The molecule has 2 aromatic rings. The van der Waals surface area contributed by atoms with E-state index in [4.69, 9.17) is 9.47 Å². The zero-order valence-electron chi connectivity index (χ0n) is 14.6. The number of hydrogen-bond acceptors (Lipinski definition) is 4. The van der Waals surface area contributed by atoms with Gasteiger partial charge in [-0.15, -0.1) is 0 Å². The summed E-state index contributed by atoms with van der Waals surface area (Å²) in [5, 5.41) is 2.33. The number of rotatable bonds is 5. The first-order chi connectivity index (χ1) is 12.8. The highest BCUT2D eigenvalue weighted by atomic mass is 19.4. The molecule has 5 nitrogen and oxygen atoms in total. The number of fused-ring (bicyclic) bond motifs is 1. The molecule has 0 fully saturated rings. The van der Waals surface area contributed by atoms with Crippen molar-refractivity contribution in [1.82, 2.24) is 4.90 Å². The van der Waals surface area contributed by atoms with Crippen molar-refractivity contribution in [2.45, 2.75) is 12.3 Å². The molecule has 144 valence electrons. The van der Waals surface area contributed by atoms with Gasteiger partial charge in [-0.1, -0.05) is 24.3 Å². The molecule has 1 atom stereocenters. The van der Waals surface area contributed by atoms with E-state index in [1.165, 1.54) is 18.2 Å². The molecule has 1 N–H and O–H groups in total. The van der Waals surface area contributed by atoms with Gasteiger partial charge in [0.15, 0.2) is 11.5 Å². The van der Waals surface area contributed by atoms with E-state index in [0.717, 1.165) is 6.07 Å². The van der Waals surface area contributed by atoms with Crippen molar-refractivity contribution in [3.05, 3.63) is 54.1 Å². The lowest BCUT2D eigenvalue weighted by atomic mass is 10.1. The van der Waals surface area contributed by atoms with Crippen molar-refractivity contribution in [2.24, 2.45) is 0 Å². The summed E-state index contributed by atoms with van der Waals surface area (Å²) < 4.78 is 50.4. The van der Waals surface area contributed by atoms with Crippen LogP contribution in [0, 0.1) is 0 Å². The van der Waals surface area contributed by atoms with Crippen molar-refractivity contribution >= 4 is 11.6 Å². The number of halogens is 3. The number of ether oxygens (including phenoxy) is 2. The van der Waals surface area contributed by atoms with Crippen LogP contribution in [0.2, 0.25) is 0 Å². The van der Waals surface area contributed by atoms with E-state index in [0.29, 0.717) is 24.7 Å². The number of likely N-dealkylation sites (N-methyl/N-ethyl adjacent to an activating group) is 1. The molecule has 27 heavy (non-hydrogen) atoms. The Morgan fingerprint density at radius 3 is 2.56 bits per heavy atom. The highest BCUT2D eigenvalue weighted by Gasteiger charge is 2.33. The summed E-state index contributed by atoms with van der Waals surface area (Å²) >= 11 is 0. The molecule has 1 amide bonds. The van der Waals surface area contributed by atoms with E-state index >= 15 is 0 Å². The van der Waals surface area contributed by atoms with Gasteiger partial charge in [0.25, 0.3) is 0 Å². The maximum absolute atomic E-state index is 13.0. The summed E-state index contributed by atoms with van der Waals surface area (Å²) in [4.78, 5) is 13.8. The number of benzene rings is 2. The van der Waals surface area contributed by atoms with Crippen LogP contribution in [0.25, 0.3) is 0 Å². The molecule has 8 heteroatoms. The lowest BCUT2D eigenvalue weighted by molar-refractivity contribution is -0.137. The fourth-order valence-corrected chi connectivity index (χ4v) is 2.84. The summed E-state index contributed by atoms with van der Waals surface area (Å²) in [6.45, 7) is 0.649. The number of nitrogens with one attached hydrogen (secondary N) is 1. The lowest BCUT2D eigenvalue weighted by Gasteiger charge is -2.29. The molecule has 0 bridgehead atoms. The standard InChI is InChI=1S/C19H19F3N2O3/c1-24(10-13-12-26-16-8-4-5-9-17(16)27-13)11-18(25)23-15-7-3-2-6-14(15)19(20,21)22/h2-9,13H,10-12H2,1H3,(H,23,25). The molecule has 1 heterocycles. The van der Waals surface area contributed by atoms with Crippen LogP contribution < -0.4 is 14.8 Å². The number of para-hydroxylation sites is 3. The third-order valence-corrected chi connectivity index (χ3v) is 4.00. The largest absolute Gasteiger partial charge is 0.486 e. The normalized spacial score (nSPS) is 16.3. The Balaban J connectivity index is 1.55. The Kier molecular flexibility index (Phi) is 5.55. The van der Waals surface area contributed by atoms with Gasteiger partial charge in [0, 0.05) is 6.54 Å². The molecule has 2 aromatic carbocycles. The first kappa shape index (κ1) is 19.0. The van der Waals surface area contributed by atoms with Crippen molar-refractivity contribution in [2.75, 3.05) is 32.1 Å². The molecule has 0 aromatic heterocycles. The second-order valence-corrected chi connectivity index (χ2v) is 6.29. The van der Waals surface area contributed by atoms with Crippen molar-refractivity contribution < 1.29 is 27.4 Å². The molecule has 1 aliphatic rings. The Morgan fingerprint density at radius 2 is 1.81 bits per heavy atom. The van der Waals surface area contributed by atoms with E-state index in [-0.39, 0.29) is 18.3 Å². The van der Waals surface area contributed by atoms with Crippen molar-refractivity contribution in [3.8, 4) is 11.5 Å². The maximum atomic E-state index is 13.0. The second kappa shape index (κ2) is 7.87. The summed E-state index contributed by atoms with van der Waals surface area (Å²) in [7, 11) is 1.69. The third kappa shape index (κ3) is 4.91. The van der Waals surface area contributed by atoms with E-state index in [1.807, 2.05) is 12.1 Å². The molecule has 3 rings (SSSR count). The van der Waals surface area contributed by atoms with E-state index in [9.17, 15) is 18.0 Å².